The summed E-state index contributed by atoms with van der Waals surface area (Å²) in [5, 5.41) is 9.41. The minimum absolute atomic E-state index is 0.0701. The van der Waals surface area contributed by atoms with Gasteiger partial charge in [0, 0.05) is 12.7 Å². The zero-order valence-corrected chi connectivity index (χ0v) is 11.4. The molecule has 0 aliphatic carbocycles. The number of nitrogens with zero attached hydrogens (tertiary/aromatic N) is 2. The van der Waals surface area contributed by atoms with E-state index in [9.17, 15) is 9.18 Å². The third kappa shape index (κ3) is 2.51. The number of fused-ring (bicyclic) bond motifs is 1. The fourth-order valence-electron chi connectivity index (χ4n) is 2.36. The SMILES string of the molecule is O=C(O)CSc1nc2cc(F)ccc2n1C1CCOC1. The van der Waals surface area contributed by atoms with Crippen LogP contribution >= 0.6 is 11.8 Å². The van der Waals surface area contributed by atoms with Crippen LogP contribution < -0.4 is 0 Å². The van der Waals surface area contributed by atoms with Gasteiger partial charge in [-0.15, -0.1) is 0 Å². The molecule has 1 fully saturated rings. The van der Waals surface area contributed by atoms with E-state index in [1.165, 1.54) is 12.1 Å². The molecule has 5 nitrogen and oxygen atoms in total. The molecule has 0 saturated carbocycles. The van der Waals surface area contributed by atoms with Crippen LogP contribution in [0, 0.1) is 5.82 Å². The Morgan fingerprint density at radius 3 is 3.15 bits per heavy atom. The lowest BCUT2D eigenvalue weighted by Crippen LogP contribution is -2.10. The maximum Gasteiger partial charge on any atom is 0.313 e. The van der Waals surface area contributed by atoms with Crippen LogP contribution in [0.4, 0.5) is 4.39 Å². The average Bonchev–Trinajstić information content (AvgIpc) is 3.01. The molecule has 2 aromatic rings. The van der Waals surface area contributed by atoms with E-state index >= 15 is 0 Å². The number of hydrogen-bond acceptors (Lipinski definition) is 4. The highest BCUT2D eigenvalue weighted by atomic mass is 32.2. The Bertz CT molecular complexity index is 652. The van der Waals surface area contributed by atoms with Crippen LogP contribution in [0.5, 0.6) is 0 Å². The van der Waals surface area contributed by atoms with Crippen molar-refractivity contribution in [2.75, 3.05) is 19.0 Å². The van der Waals surface area contributed by atoms with Gasteiger partial charge >= 0.3 is 5.97 Å². The van der Waals surface area contributed by atoms with Gasteiger partial charge in [-0.25, -0.2) is 9.37 Å². The van der Waals surface area contributed by atoms with Crippen molar-refractivity contribution < 1.29 is 19.0 Å². The standard InChI is InChI=1S/C13H13FN2O3S/c14-8-1-2-11-10(5-8)15-13(20-7-12(17)18)16(11)9-3-4-19-6-9/h1-2,5,9H,3-4,6-7H2,(H,17,18). The van der Waals surface area contributed by atoms with Gasteiger partial charge in [-0.1, -0.05) is 11.8 Å². The van der Waals surface area contributed by atoms with E-state index < -0.39 is 5.97 Å². The van der Waals surface area contributed by atoms with Crippen LogP contribution in [0.25, 0.3) is 11.0 Å². The average molecular weight is 296 g/mol. The molecule has 1 aliphatic rings. The Morgan fingerprint density at radius 1 is 1.60 bits per heavy atom. The van der Waals surface area contributed by atoms with Crippen molar-refractivity contribution in [3.05, 3.63) is 24.0 Å². The maximum absolute atomic E-state index is 13.3. The number of hydrogen-bond donors (Lipinski definition) is 1. The number of aromatic nitrogens is 2. The first-order valence-electron chi connectivity index (χ1n) is 6.25. The zero-order chi connectivity index (χ0) is 14.1. The van der Waals surface area contributed by atoms with E-state index in [1.807, 2.05) is 4.57 Å². The third-order valence-corrected chi connectivity index (χ3v) is 4.15. The summed E-state index contributed by atoms with van der Waals surface area (Å²) < 4.78 is 20.6. The third-order valence-electron chi connectivity index (χ3n) is 3.21. The first-order valence-corrected chi connectivity index (χ1v) is 7.23. The van der Waals surface area contributed by atoms with Crippen LogP contribution in [0.2, 0.25) is 0 Å². The lowest BCUT2D eigenvalue weighted by atomic mass is 10.2. The second-order valence-corrected chi connectivity index (χ2v) is 5.54. The number of halogens is 1. The number of rotatable bonds is 4. The molecule has 0 radical (unpaired) electrons. The smallest absolute Gasteiger partial charge is 0.313 e. The molecule has 1 N–H and O–H groups in total. The highest BCUT2D eigenvalue weighted by molar-refractivity contribution is 7.99. The van der Waals surface area contributed by atoms with Crippen molar-refractivity contribution in [2.45, 2.75) is 17.6 Å². The molecule has 1 atom stereocenters. The molecule has 3 rings (SSSR count). The summed E-state index contributed by atoms with van der Waals surface area (Å²) in [6, 6.07) is 4.57. The lowest BCUT2D eigenvalue weighted by molar-refractivity contribution is -0.133. The Hall–Kier alpha value is -1.60. The Balaban J connectivity index is 2.05. The summed E-state index contributed by atoms with van der Waals surface area (Å²) >= 11 is 1.15. The van der Waals surface area contributed by atoms with Crippen molar-refractivity contribution in [1.29, 1.82) is 0 Å². The molecule has 0 spiro atoms. The number of carboxylic acid groups (broad SMARTS) is 1. The van der Waals surface area contributed by atoms with Crippen LogP contribution in [0.3, 0.4) is 0 Å². The van der Waals surface area contributed by atoms with Gasteiger partial charge in [-0.2, -0.15) is 0 Å². The molecule has 1 unspecified atom stereocenters. The topological polar surface area (TPSA) is 64.3 Å². The normalized spacial score (nSPS) is 18.8. The summed E-state index contributed by atoms with van der Waals surface area (Å²) in [5.74, 6) is -1.32. The van der Waals surface area contributed by atoms with Gasteiger partial charge in [0.1, 0.15) is 5.82 Å². The van der Waals surface area contributed by atoms with Crippen LogP contribution in [0.1, 0.15) is 12.5 Å². The number of imidazole rings is 1. The number of ether oxygens (including phenoxy) is 1. The van der Waals surface area contributed by atoms with Gasteiger partial charge < -0.3 is 14.4 Å². The quantitative estimate of drug-likeness (QED) is 0.877. The second-order valence-electron chi connectivity index (χ2n) is 4.60. The maximum atomic E-state index is 13.3. The van der Waals surface area contributed by atoms with Crippen molar-refractivity contribution in [2.24, 2.45) is 0 Å². The fraction of sp³-hybridized carbons (Fsp3) is 0.385. The van der Waals surface area contributed by atoms with Gasteiger partial charge in [0.15, 0.2) is 5.16 Å². The number of carbonyl (C=O) groups is 1. The summed E-state index contributed by atoms with van der Waals surface area (Å²) in [6.45, 7) is 1.25. The van der Waals surface area contributed by atoms with Gasteiger partial charge in [0.25, 0.3) is 0 Å². The van der Waals surface area contributed by atoms with Crippen molar-refractivity contribution in [1.82, 2.24) is 9.55 Å². The Labute approximate surface area is 118 Å². The first-order chi connectivity index (χ1) is 9.65. The predicted octanol–water partition coefficient (Wildman–Crippen LogP) is 2.31. The summed E-state index contributed by atoms with van der Waals surface area (Å²) in [4.78, 5) is 15.1. The molecule has 20 heavy (non-hydrogen) atoms. The van der Waals surface area contributed by atoms with Crippen molar-refractivity contribution in [3.63, 3.8) is 0 Å². The zero-order valence-electron chi connectivity index (χ0n) is 10.6. The van der Waals surface area contributed by atoms with E-state index in [0.29, 0.717) is 23.9 Å². The molecule has 0 amide bonds. The summed E-state index contributed by atoms with van der Waals surface area (Å²) in [6.07, 6.45) is 0.851. The molecule has 7 heteroatoms. The van der Waals surface area contributed by atoms with E-state index in [2.05, 4.69) is 4.98 Å². The summed E-state index contributed by atoms with van der Waals surface area (Å²) in [7, 11) is 0. The van der Waals surface area contributed by atoms with Gasteiger partial charge in [-0.05, 0) is 18.6 Å². The molecule has 1 aromatic carbocycles. The molecule has 2 heterocycles. The van der Waals surface area contributed by atoms with Crippen LogP contribution in [0.15, 0.2) is 23.4 Å². The molecule has 106 valence electrons. The molecule has 1 aliphatic heterocycles. The largest absolute Gasteiger partial charge is 0.481 e. The molecular weight excluding hydrogens is 283 g/mol. The van der Waals surface area contributed by atoms with Crippen LogP contribution in [-0.4, -0.2) is 39.6 Å². The van der Waals surface area contributed by atoms with E-state index in [1.54, 1.807) is 6.07 Å². The van der Waals surface area contributed by atoms with E-state index in [0.717, 1.165) is 23.7 Å². The molecule has 1 aromatic heterocycles. The summed E-state index contributed by atoms with van der Waals surface area (Å²) in [5.41, 5.74) is 1.36. The molecule has 1 saturated heterocycles. The minimum Gasteiger partial charge on any atom is -0.481 e. The predicted molar refractivity (Wildman–Crippen MR) is 72.5 cm³/mol. The highest BCUT2D eigenvalue weighted by Gasteiger charge is 2.24. The number of thioether (sulfide) groups is 1. The molecule has 0 bridgehead atoms. The van der Waals surface area contributed by atoms with Gasteiger partial charge in [0.05, 0.1) is 29.4 Å². The van der Waals surface area contributed by atoms with Gasteiger partial charge in [0.2, 0.25) is 0 Å². The van der Waals surface area contributed by atoms with Crippen molar-refractivity contribution >= 4 is 28.8 Å². The number of aliphatic carboxylic acids is 1. The van der Waals surface area contributed by atoms with Crippen molar-refractivity contribution in [3.8, 4) is 0 Å². The van der Waals surface area contributed by atoms with E-state index in [4.69, 9.17) is 9.84 Å². The number of benzene rings is 1. The van der Waals surface area contributed by atoms with Crippen LogP contribution in [-0.2, 0) is 9.53 Å². The monoisotopic (exact) mass is 296 g/mol. The Kier molecular flexibility index (Phi) is 3.62. The fourth-order valence-corrected chi connectivity index (χ4v) is 3.16. The first kappa shape index (κ1) is 13.4. The molecular formula is C13H13FN2O3S. The second kappa shape index (κ2) is 5.41. The number of carboxylic acids is 1. The minimum atomic E-state index is -0.901. The lowest BCUT2D eigenvalue weighted by Gasteiger charge is -2.14. The Morgan fingerprint density at radius 2 is 2.45 bits per heavy atom. The highest BCUT2D eigenvalue weighted by Crippen LogP contribution is 2.31. The van der Waals surface area contributed by atoms with Gasteiger partial charge in [-0.3, -0.25) is 4.79 Å². The van der Waals surface area contributed by atoms with E-state index in [-0.39, 0.29) is 17.6 Å².